The minimum absolute atomic E-state index is 0.244. The monoisotopic (exact) mass is 523 g/mol. The van der Waals surface area contributed by atoms with E-state index in [2.05, 4.69) is 10.4 Å². The fourth-order valence-corrected chi connectivity index (χ4v) is 3.56. The molecule has 1 aromatic heterocycles. The summed E-state index contributed by atoms with van der Waals surface area (Å²) in [6, 6.07) is 14.1. The lowest BCUT2D eigenvalue weighted by molar-refractivity contribution is -0.141. The Hall–Kier alpha value is -3.43. The van der Waals surface area contributed by atoms with E-state index >= 15 is 0 Å². The molecule has 0 fully saturated rings. The number of nitrogens with one attached hydrogen (secondary N) is 1. The molecule has 2 aromatic carbocycles. The molecule has 0 aliphatic heterocycles. The van der Waals surface area contributed by atoms with Crippen molar-refractivity contribution in [3.8, 4) is 17.4 Å². The third-order valence-electron chi connectivity index (χ3n) is 4.82. The molecule has 1 amide bonds. The van der Waals surface area contributed by atoms with Gasteiger partial charge < -0.3 is 14.8 Å². The number of anilines is 1. The Morgan fingerprint density at radius 2 is 1.77 bits per heavy atom. The zero-order chi connectivity index (χ0) is 25.0. The largest absolute Gasteiger partial charge is 0.467 e. The molecule has 1 aliphatic carbocycles. The number of amides is 1. The predicted molar refractivity (Wildman–Crippen MR) is 127 cm³/mol. The molecule has 35 heavy (non-hydrogen) atoms. The summed E-state index contributed by atoms with van der Waals surface area (Å²) < 4.78 is 51.7. The predicted octanol–water partition coefficient (Wildman–Crippen LogP) is 6.77. The topological polar surface area (TPSA) is 65.4 Å². The van der Waals surface area contributed by atoms with Crippen LogP contribution in [0.4, 0.5) is 18.9 Å². The maximum Gasteiger partial charge on any atom is 0.435 e. The minimum Gasteiger partial charge on any atom is -0.467 e. The second kappa shape index (κ2) is 10.5. The maximum atomic E-state index is 13.2. The Bertz CT molecular complexity index is 1250. The number of benzene rings is 2. The number of carbonyl (C=O) groups is 1. The molecule has 11 heteroatoms. The van der Waals surface area contributed by atoms with Gasteiger partial charge in [0, 0.05) is 16.8 Å². The molecule has 0 saturated heterocycles. The lowest BCUT2D eigenvalue weighted by atomic mass is 10.1. The fourth-order valence-electron chi connectivity index (χ4n) is 3.17. The average Bonchev–Trinajstić information content (AvgIpc) is 3.25. The third-order valence-corrected chi connectivity index (χ3v) is 5.47. The molecule has 1 aliphatic rings. The van der Waals surface area contributed by atoms with E-state index in [1.807, 2.05) is 0 Å². The van der Waals surface area contributed by atoms with E-state index in [-0.39, 0.29) is 5.88 Å². The van der Waals surface area contributed by atoms with Crippen molar-refractivity contribution in [2.45, 2.75) is 18.0 Å². The van der Waals surface area contributed by atoms with E-state index in [4.69, 9.17) is 32.7 Å². The number of nitrogens with zero attached hydrogens (tertiary/aromatic N) is 2. The van der Waals surface area contributed by atoms with Gasteiger partial charge in [-0.3, -0.25) is 4.79 Å². The van der Waals surface area contributed by atoms with Crippen LogP contribution in [0.5, 0.6) is 17.4 Å². The van der Waals surface area contributed by atoms with Gasteiger partial charge in [0.1, 0.15) is 11.5 Å². The van der Waals surface area contributed by atoms with Gasteiger partial charge in [-0.05, 0) is 61.0 Å². The van der Waals surface area contributed by atoms with E-state index in [1.54, 1.807) is 66.8 Å². The number of hydrogen-bond acceptors (Lipinski definition) is 4. The van der Waals surface area contributed by atoms with E-state index < -0.39 is 29.8 Å². The van der Waals surface area contributed by atoms with Crippen molar-refractivity contribution in [2.75, 3.05) is 11.9 Å². The van der Waals surface area contributed by atoms with Crippen molar-refractivity contribution in [3.05, 3.63) is 83.5 Å². The summed E-state index contributed by atoms with van der Waals surface area (Å²) in [5.74, 6) is 0.316. The molecule has 182 valence electrons. The molecule has 0 bridgehead atoms. The molecule has 1 heterocycles. The molecule has 0 spiro atoms. The van der Waals surface area contributed by atoms with Crippen LogP contribution >= 0.6 is 23.2 Å². The van der Waals surface area contributed by atoms with E-state index in [9.17, 15) is 18.0 Å². The average molecular weight is 524 g/mol. The van der Waals surface area contributed by atoms with Gasteiger partial charge in [0.2, 0.25) is 5.88 Å². The molecular weight excluding hydrogens is 506 g/mol. The van der Waals surface area contributed by atoms with Gasteiger partial charge in [0.05, 0.1) is 11.1 Å². The zero-order valence-electron chi connectivity index (χ0n) is 17.9. The van der Waals surface area contributed by atoms with Crippen molar-refractivity contribution >= 4 is 40.5 Å². The Balaban J connectivity index is 1.40. The Labute approximate surface area is 208 Å². The van der Waals surface area contributed by atoms with Crippen LogP contribution in [0.15, 0.2) is 72.8 Å². The summed E-state index contributed by atoms with van der Waals surface area (Å²) in [6.45, 7) is -0.540. The number of halogens is 5. The first-order chi connectivity index (χ1) is 16.7. The molecule has 1 N–H and O–H groups in total. The van der Waals surface area contributed by atoms with E-state index in [0.29, 0.717) is 34.3 Å². The van der Waals surface area contributed by atoms with Crippen LogP contribution in [0.2, 0.25) is 5.02 Å². The number of carbonyl (C=O) groups excluding carboxylic acids is 1. The van der Waals surface area contributed by atoms with Crippen molar-refractivity contribution < 1.29 is 27.4 Å². The molecule has 0 saturated carbocycles. The first-order valence-electron chi connectivity index (χ1n) is 10.3. The Kier molecular flexibility index (Phi) is 7.37. The number of aromatic nitrogens is 2. The highest BCUT2D eigenvalue weighted by molar-refractivity contribution is 6.30. The van der Waals surface area contributed by atoms with Gasteiger partial charge in [-0.15, -0.1) is 11.6 Å². The second-order valence-corrected chi connectivity index (χ2v) is 8.38. The molecule has 1 atom stereocenters. The second-order valence-electron chi connectivity index (χ2n) is 7.42. The quantitative estimate of drug-likeness (QED) is 0.347. The van der Waals surface area contributed by atoms with Crippen LogP contribution in [0, 0.1) is 0 Å². The van der Waals surface area contributed by atoms with Crippen molar-refractivity contribution in [3.63, 3.8) is 0 Å². The summed E-state index contributed by atoms with van der Waals surface area (Å²) in [7, 11) is 0. The molecule has 6 nitrogen and oxygen atoms in total. The number of alkyl halides is 4. The standard InChI is InChI=1S/C24H18Cl2F3N3O3/c25-15-5-9-17(10-6-15)35-18-11-7-16(8-12-18)30-22(33)14-34-23-13-21(24(27,28)29)31-32(23)20-4-2-1-3-19(20)26/h1-2,4-13,19H,3,14H2,(H,30,33). The summed E-state index contributed by atoms with van der Waals surface area (Å²) >= 11 is 12.1. The molecule has 0 radical (unpaired) electrons. The van der Waals surface area contributed by atoms with E-state index in [1.165, 1.54) is 0 Å². The minimum atomic E-state index is -4.69. The van der Waals surface area contributed by atoms with Crippen LogP contribution in [-0.2, 0) is 11.0 Å². The normalized spacial score (nSPS) is 15.5. The van der Waals surface area contributed by atoms with Crippen LogP contribution in [0.25, 0.3) is 5.70 Å². The van der Waals surface area contributed by atoms with Gasteiger partial charge in [-0.25, -0.2) is 4.68 Å². The summed E-state index contributed by atoms with van der Waals surface area (Å²) in [5.41, 5.74) is -0.382. The Morgan fingerprint density at radius 1 is 1.11 bits per heavy atom. The van der Waals surface area contributed by atoms with Gasteiger partial charge in [0.25, 0.3) is 5.91 Å². The number of allylic oxidation sites excluding steroid dienone is 4. The van der Waals surface area contributed by atoms with Gasteiger partial charge in [0.15, 0.2) is 12.3 Å². The zero-order valence-corrected chi connectivity index (χ0v) is 19.4. The van der Waals surface area contributed by atoms with Crippen LogP contribution in [0.1, 0.15) is 12.1 Å². The first kappa shape index (κ1) is 24.7. The van der Waals surface area contributed by atoms with Crippen molar-refractivity contribution in [2.24, 2.45) is 0 Å². The van der Waals surface area contributed by atoms with E-state index in [0.717, 1.165) is 10.7 Å². The number of rotatable bonds is 7. The molecule has 1 unspecified atom stereocenters. The maximum absolute atomic E-state index is 13.2. The van der Waals surface area contributed by atoms with Crippen LogP contribution < -0.4 is 14.8 Å². The summed E-state index contributed by atoms with van der Waals surface area (Å²) in [5, 5.41) is 6.20. The van der Waals surface area contributed by atoms with Gasteiger partial charge >= 0.3 is 6.18 Å². The lowest BCUT2D eigenvalue weighted by Gasteiger charge is -2.17. The van der Waals surface area contributed by atoms with Gasteiger partial charge in [-0.2, -0.15) is 18.3 Å². The highest BCUT2D eigenvalue weighted by atomic mass is 35.5. The summed E-state index contributed by atoms with van der Waals surface area (Å²) in [6.07, 6.45) is 0.741. The molecule has 4 rings (SSSR count). The smallest absolute Gasteiger partial charge is 0.435 e. The van der Waals surface area contributed by atoms with Crippen molar-refractivity contribution in [1.82, 2.24) is 9.78 Å². The van der Waals surface area contributed by atoms with Crippen molar-refractivity contribution in [1.29, 1.82) is 0 Å². The van der Waals surface area contributed by atoms with Crippen LogP contribution in [0.3, 0.4) is 0 Å². The SMILES string of the molecule is O=C(COc1cc(C(F)(F)F)nn1C1=CC=CCC1Cl)Nc1ccc(Oc2ccc(Cl)cc2)cc1. The summed E-state index contributed by atoms with van der Waals surface area (Å²) in [4.78, 5) is 12.4. The fraction of sp³-hybridized carbons (Fsp3) is 0.167. The molecular formula is C24H18Cl2F3N3O3. The lowest BCUT2D eigenvalue weighted by Crippen LogP contribution is -2.22. The third kappa shape index (κ3) is 6.37. The molecule has 3 aromatic rings. The highest BCUT2D eigenvalue weighted by Gasteiger charge is 2.36. The Morgan fingerprint density at radius 3 is 2.40 bits per heavy atom. The van der Waals surface area contributed by atoms with Crippen LogP contribution in [-0.4, -0.2) is 27.7 Å². The highest BCUT2D eigenvalue weighted by Crippen LogP contribution is 2.34. The number of hydrogen-bond donors (Lipinski definition) is 1. The number of ether oxygens (including phenoxy) is 2. The first-order valence-corrected chi connectivity index (χ1v) is 11.1. The van der Waals surface area contributed by atoms with Gasteiger partial charge in [-0.1, -0.05) is 23.8 Å².